The van der Waals surface area contributed by atoms with Gasteiger partial charge >= 0.3 is 6.03 Å². The summed E-state index contributed by atoms with van der Waals surface area (Å²) >= 11 is 7.57. The zero-order chi connectivity index (χ0) is 15.4. The second-order valence-electron chi connectivity index (χ2n) is 5.21. The number of rotatable bonds is 4. The fraction of sp³-hybridized carbons (Fsp3) is 0.400. The summed E-state index contributed by atoms with van der Waals surface area (Å²) in [6.45, 7) is 4.57. The predicted octanol–water partition coefficient (Wildman–Crippen LogP) is 3.02. The Bertz CT molecular complexity index is 606. The number of thiophene rings is 1. The molecule has 0 bridgehead atoms. The van der Waals surface area contributed by atoms with Crippen molar-refractivity contribution in [2.24, 2.45) is 0 Å². The molecule has 3 rings (SSSR count). The summed E-state index contributed by atoms with van der Waals surface area (Å²) in [5.41, 5.74) is 0. The van der Waals surface area contributed by atoms with Crippen LogP contribution < -0.4 is 5.32 Å². The number of amides is 2. The molecule has 22 heavy (non-hydrogen) atoms. The Labute approximate surface area is 138 Å². The van der Waals surface area contributed by atoms with Crippen molar-refractivity contribution in [2.75, 3.05) is 26.2 Å². The molecule has 2 aromatic rings. The van der Waals surface area contributed by atoms with E-state index in [2.05, 4.69) is 16.3 Å². The molecule has 2 amide bonds. The molecule has 0 aromatic carbocycles. The van der Waals surface area contributed by atoms with Crippen LogP contribution in [0.4, 0.5) is 4.79 Å². The first-order chi connectivity index (χ1) is 10.7. The molecule has 0 unspecified atom stereocenters. The molecule has 0 spiro atoms. The third-order valence-electron chi connectivity index (χ3n) is 3.66. The van der Waals surface area contributed by atoms with Crippen LogP contribution in [0.5, 0.6) is 0 Å². The summed E-state index contributed by atoms with van der Waals surface area (Å²) in [6, 6.07) is 7.63. The van der Waals surface area contributed by atoms with Gasteiger partial charge in [0.2, 0.25) is 0 Å². The van der Waals surface area contributed by atoms with E-state index in [0.29, 0.717) is 6.54 Å². The van der Waals surface area contributed by atoms with Gasteiger partial charge in [0.25, 0.3) is 0 Å². The van der Waals surface area contributed by atoms with Crippen molar-refractivity contribution in [3.8, 4) is 0 Å². The van der Waals surface area contributed by atoms with Crippen LogP contribution in [-0.4, -0.2) is 42.0 Å². The number of hydrogen-bond donors (Lipinski definition) is 1. The lowest BCUT2D eigenvalue weighted by atomic mass is 10.3. The lowest BCUT2D eigenvalue weighted by Crippen LogP contribution is -2.51. The van der Waals surface area contributed by atoms with E-state index in [1.165, 1.54) is 4.88 Å². The second kappa shape index (κ2) is 7.17. The maximum Gasteiger partial charge on any atom is 0.317 e. The summed E-state index contributed by atoms with van der Waals surface area (Å²) in [4.78, 5) is 17.6. The first-order valence-corrected chi connectivity index (χ1v) is 8.42. The Balaban J connectivity index is 1.42. The maximum atomic E-state index is 12.1. The van der Waals surface area contributed by atoms with E-state index >= 15 is 0 Å². The molecule has 2 aromatic heterocycles. The van der Waals surface area contributed by atoms with Crippen molar-refractivity contribution in [3.63, 3.8) is 0 Å². The van der Waals surface area contributed by atoms with Crippen molar-refractivity contribution in [2.45, 2.75) is 13.1 Å². The van der Waals surface area contributed by atoms with Gasteiger partial charge in [0.15, 0.2) is 0 Å². The van der Waals surface area contributed by atoms with Crippen LogP contribution in [0.25, 0.3) is 0 Å². The Morgan fingerprint density at radius 2 is 2.09 bits per heavy atom. The van der Waals surface area contributed by atoms with E-state index in [4.69, 9.17) is 16.0 Å². The van der Waals surface area contributed by atoms with E-state index in [1.54, 1.807) is 17.6 Å². The normalized spacial score (nSPS) is 16.0. The number of halogens is 1. The average Bonchev–Trinajstić information content (AvgIpc) is 3.17. The van der Waals surface area contributed by atoms with Gasteiger partial charge in [0.1, 0.15) is 5.76 Å². The Morgan fingerprint density at radius 3 is 2.73 bits per heavy atom. The van der Waals surface area contributed by atoms with Crippen LogP contribution in [0.3, 0.4) is 0 Å². The summed E-state index contributed by atoms with van der Waals surface area (Å²) in [7, 11) is 0. The van der Waals surface area contributed by atoms with Gasteiger partial charge in [-0.25, -0.2) is 4.79 Å². The van der Waals surface area contributed by atoms with E-state index in [0.717, 1.165) is 42.8 Å². The zero-order valence-electron chi connectivity index (χ0n) is 12.1. The molecule has 0 radical (unpaired) electrons. The van der Waals surface area contributed by atoms with Gasteiger partial charge in [-0.15, -0.1) is 11.3 Å². The van der Waals surface area contributed by atoms with Crippen LogP contribution in [0.15, 0.2) is 34.9 Å². The van der Waals surface area contributed by atoms with Crippen molar-refractivity contribution in [1.29, 1.82) is 0 Å². The number of hydrogen-bond acceptors (Lipinski definition) is 4. The molecular formula is C15H18ClN3O2S. The second-order valence-corrected chi connectivity index (χ2v) is 7.01. The molecule has 118 valence electrons. The molecule has 3 heterocycles. The fourth-order valence-electron chi connectivity index (χ4n) is 2.45. The lowest BCUT2D eigenvalue weighted by Gasteiger charge is -2.34. The van der Waals surface area contributed by atoms with Crippen molar-refractivity contribution in [1.82, 2.24) is 15.1 Å². The van der Waals surface area contributed by atoms with Crippen molar-refractivity contribution >= 4 is 29.0 Å². The van der Waals surface area contributed by atoms with Crippen molar-refractivity contribution < 1.29 is 9.21 Å². The third kappa shape index (κ3) is 4.03. The van der Waals surface area contributed by atoms with Gasteiger partial charge in [-0.1, -0.05) is 11.6 Å². The van der Waals surface area contributed by atoms with Crippen LogP contribution in [0.1, 0.15) is 10.6 Å². The van der Waals surface area contributed by atoms with Crippen LogP contribution in [0.2, 0.25) is 4.34 Å². The minimum atomic E-state index is -0.0322. The predicted molar refractivity (Wildman–Crippen MR) is 87.1 cm³/mol. The van der Waals surface area contributed by atoms with Crippen LogP contribution >= 0.6 is 22.9 Å². The summed E-state index contributed by atoms with van der Waals surface area (Å²) in [5, 5.41) is 2.88. The SMILES string of the molecule is O=C(NCc1ccco1)N1CCN(Cc2ccc(Cl)s2)CC1. The topological polar surface area (TPSA) is 48.7 Å². The standard InChI is InChI=1S/C15H18ClN3O2S/c16-14-4-3-13(22-14)11-18-5-7-19(8-6-18)15(20)17-10-12-2-1-9-21-12/h1-4,9H,5-8,10-11H2,(H,17,20). The molecule has 0 atom stereocenters. The Hall–Kier alpha value is -1.50. The first kappa shape index (κ1) is 15.4. The molecule has 0 aliphatic carbocycles. The van der Waals surface area contributed by atoms with Gasteiger partial charge in [-0.3, -0.25) is 4.90 Å². The monoisotopic (exact) mass is 339 g/mol. The van der Waals surface area contributed by atoms with Crippen LogP contribution in [-0.2, 0) is 13.1 Å². The average molecular weight is 340 g/mol. The highest BCUT2D eigenvalue weighted by atomic mass is 35.5. The molecule has 1 saturated heterocycles. The number of furan rings is 1. The zero-order valence-corrected chi connectivity index (χ0v) is 13.7. The van der Waals surface area contributed by atoms with Gasteiger partial charge in [0.05, 0.1) is 17.1 Å². The number of piperazine rings is 1. The molecule has 0 saturated carbocycles. The molecule has 1 aliphatic rings. The van der Waals surface area contributed by atoms with E-state index in [-0.39, 0.29) is 6.03 Å². The number of nitrogens with zero attached hydrogens (tertiary/aromatic N) is 2. The van der Waals surface area contributed by atoms with Crippen molar-refractivity contribution in [3.05, 3.63) is 45.5 Å². The number of carbonyl (C=O) groups is 1. The minimum absolute atomic E-state index is 0.0322. The molecule has 1 aliphatic heterocycles. The highest BCUT2D eigenvalue weighted by Gasteiger charge is 2.21. The minimum Gasteiger partial charge on any atom is -0.467 e. The molecule has 7 heteroatoms. The molecular weight excluding hydrogens is 322 g/mol. The summed E-state index contributed by atoms with van der Waals surface area (Å²) in [5.74, 6) is 0.765. The summed E-state index contributed by atoms with van der Waals surface area (Å²) < 4.78 is 6.03. The molecule has 1 fully saturated rings. The highest BCUT2D eigenvalue weighted by Crippen LogP contribution is 2.23. The smallest absolute Gasteiger partial charge is 0.317 e. The van der Waals surface area contributed by atoms with E-state index in [9.17, 15) is 4.79 Å². The van der Waals surface area contributed by atoms with Gasteiger partial charge in [-0.05, 0) is 24.3 Å². The molecule has 5 nitrogen and oxygen atoms in total. The first-order valence-electron chi connectivity index (χ1n) is 7.22. The Kier molecular flexibility index (Phi) is 5.02. The van der Waals surface area contributed by atoms with Gasteiger partial charge < -0.3 is 14.6 Å². The molecule has 1 N–H and O–H groups in total. The lowest BCUT2D eigenvalue weighted by molar-refractivity contribution is 0.135. The third-order valence-corrected chi connectivity index (χ3v) is 4.88. The number of urea groups is 1. The summed E-state index contributed by atoms with van der Waals surface area (Å²) in [6.07, 6.45) is 1.61. The quantitative estimate of drug-likeness (QED) is 0.931. The van der Waals surface area contributed by atoms with Gasteiger partial charge in [0, 0.05) is 37.6 Å². The number of nitrogens with one attached hydrogen (secondary N) is 1. The fourth-order valence-corrected chi connectivity index (χ4v) is 3.58. The van der Waals surface area contributed by atoms with Crippen LogP contribution in [0, 0.1) is 0 Å². The van der Waals surface area contributed by atoms with E-state index < -0.39 is 0 Å². The maximum absolute atomic E-state index is 12.1. The number of carbonyl (C=O) groups excluding carboxylic acids is 1. The Morgan fingerprint density at radius 1 is 1.27 bits per heavy atom. The van der Waals surface area contributed by atoms with E-state index in [1.807, 2.05) is 23.1 Å². The largest absolute Gasteiger partial charge is 0.467 e. The van der Waals surface area contributed by atoms with Gasteiger partial charge in [-0.2, -0.15) is 0 Å². The highest BCUT2D eigenvalue weighted by molar-refractivity contribution is 7.16.